The van der Waals surface area contributed by atoms with Crippen LogP contribution in [0.15, 0.2) is 18.2 Å². The monoisotopic (exact) mass is 269 g/mol. The van der Waals surface area contributed by atoms with E-state index in [0.29, 0.717) is 22.6 Å². The molecule has 1 unspecified atom stereocenters. The minimum Gasteiger partial charge on any atom is -0.497 e. The lowest BCUT2D eigenvalue weighted by Gasteiger charge is -2.23. The fraction of sp³-hybridized carbons (Fsp3) is 0.571. The van der Waals surface area contributed by atoms with E-state index in [1.54, 1.807) is 19.2 Å². The van der Waals surface area contributed by atoms with Crippen molar-refractivity contribution < 1.29 is 9.13 Å². The second kappa shape index (κ2) is 5.93. The number of rotatable bonds is 5. The number of halogens is 1. The Morgan fingerprint density at radius 2 is 2.33 bits per heavy atom. The van der Waals surface area contributed by atoms with Gasteiger partial charge in [-0.25, -0.2) is 4.39 Å². The van der Waals surface area contributed by atoms with Gasteiger partial charge in [0.05, 0.1) is 7.11 Å². The highest BCUT2D eigenvalue weighted by atomic mass is 32.2. The summed E-state index contributed by atoms with van der Waals surface area (Å²) in [5.74, 6) is 1.61. The van der Waals surface area contributed by atoms with Crippen molar-refractivity contribution in [2.75, 3.05) is 19.4 Å². The Kier molecular flexibility index (Phi) is 4.51. The molecule has 1 fully saturated rings. The zero-order valence-corrected chi connectivity index (χ0v) is 11.8. The van der Waals surface area contributed by atoms with E-state index in [2.05, 4.69) is 12.2 Å². The lowest BCUT2D eigenvalue weighted by atomic mass is 10.1. The molecule has 1 heterocycles. The van der Waals surface area contributed by atoms with Gasteiger partial charge in [0, 0.05) is 29.5 Å². The molecular formula is C14H20FNOS. The highest BCUT2D eigenvalue weighted by Crippen LogP contribution is 2.37. The molecule has 2 rings (SSSR count). The van der Waals surface area contributed by atoms with E-state index in [0.717, 1.165) is 6.54 Å². The van der Waals surface area contributed by atoms with Gasteiger partial charge in [-0.1, -0.05) is 6.07 Å². The second-order valence-corrected chi connectivity index (χ2v) is 6.65. The van der Waals surface area contributed by atoms with Crippen LogP contribution in [0.5, 0.6) is 5.75 Å². The summed E-state index contributed by atoms with van der Waals surface area (Å²) in [6.07, 6.45) is 2.54. The zero-order valence-electron chi connectivity index (χ0n) is 11.0. The van der Waals surface area contributed by atoms with Crippen molar-refractivity contribution in [3.8, 4) is 5.75 Å². The maximum Gasteiger partial charge on any atom is 0.131 e. The highest BCUT2D eigenvalue weighted by Gasteiger charge is 2.28. The van der Waals surface area contributed by atoms with Crippen molar-refractivity contribution in [3.63, 3.8) is 0 Å². The van der Waals surface area contributed by atoms with E-state index in [-0.39, 0.29) is 5.82 Å². The number of hydrogen-bond acceptors (Lipinski definition) is 3. The van der Waals surface area contributed by atoms with E-state index < -0.39 is 0 Å². The molecule has 1 aliphatic rings. The van der Waals surface area contributed by atoms with Crippen molar-refractivity contribution in [2.24, 2.45) is 0 Å². The third-order valence-corrected chi connectivity index (χ3v) is 4.91. The first kappa shape index (κ1) is 13.7. The predicted molar refractivity (Wildman–Crippen MR) is 74.8 cm³/mol. The minimum atomic E-state index is -0.203. The summed E-state index contributed by atoms with van der Waals surface area (Å²) in [6, 6.07) is 5.01. The molecule has 1 aliphatic heterocycles. The third-order valence-electron chi connectivity index (χ3n) is 3.38. The number of methoxy groups -OCH3 is 1. The van der Waals surface area contributed by atoms with Crippen molar-refractivity contribution >= 4 is 11.8 Å². The maximum absolute atomic E-state index is 13.7. The SMILES string of the molecule is COc1ccc(CNCC2(C)CCCS2)c(F)c1. The van der Waals surface area contributed by atoms with Crippen LogP contribution in [-0.4, -0.2) is 24.2 Å². The summed E-state index contributed by atoms with van der Waals surface area (Å²) < 4.78 is 19.0. The summed E-state index contributed by atoms with van der Waals surface area (Å²) >= 11 is 2.01. The fourth-order valence-corrected chi connectivity index (χ4v) is 3.51. The van der Waals surface area contributed by atoms with E-state index in [1.165, 1.54) is 24.7 Å². The van der Waals surface area contributed by atoms with Gasteiger partial charge in [0.25, 0.3) is 0 Å². The van der Waals surface area contributed by atoms with Crippen molar-refractivity contribution in [3.05, 3.63) is 29.6 Å². The fourth-order valence-electron chi connectivity index (χ4n) is 2.24. The summed E-state index contributed by atoms with van der Waals surface area (Å²) in [5.41, 5.74) is 0.697. The molecule has 0 aliphatic carbocycles. The molecule has 0 amide bonds. The lowest BCUT2D eigenvalue weighted by Crippen LogP contribution is -2.32. The van der Waals surface area contributed by atoms with Crippen LogP contribution in [0.4, 0.5) is 4.39 Å². The molecular weight excluding hydrogens is 249 g/mol. The summed E-state index contributed by atoms with van der Waals surface area (Å²) in [4.78, 5) is 0. The van der Waals surface area contributed by atoms with Crippen LogP contribution >= 0.6 is 11.8 Å². The average Bonchev–Trinajstić information content (AvgIpc) is 2.78. The minimum absolute atomic E-state index is 0.203. The van der Waals surface area contributed by atoms with Crippen LogP contribution in [0.3, 0.4) is 0 Å². The first-order chi connectivity index (χ1) is 8.63. The highest BCUT2D eigenvalue weighted by molar-refractivity contribution is 8.00. The molecule has 1 aromatic rings. The van der Waals surface area contributed by atoms with Gasteiger partial charge in [-0.05, 0) is 31.6 Å². The van der Waals surface area contributed by atoms with E-state index in [1.807, 2.05) is 11.8 Å². The van der Waals surface area contributed by atoms with E-state index >= 15 is 0 Å². The van der Waals surface area contributed by atoms with E-state index in [9.17, 15) is 4.39 Å². The maximum atomic E-state index is 13.7. The first-order valence-corrected chi connectivity index (χ1v) is 7.29. The van der Waals surface area contributed by atoms with Gasteiger partial charge in [0.2, 0.25) is 0 Å². The van der Waals surface area contributed by atoms with Gasteiger partial charge in [0.15, 0.2) is 0 Å². The number of hydrogen-bond donors (Lipinski definition) is 1. The summed E-state index contributed by atoms with van der Waals surface area (Å²) in [7, 11) is 1.55. The third kappa shape index (κ3) is 3.39. The average molecular weight is 269 g/mol. The topological polar surface area (TPSA) is 21.3 Å². The molecule has 100 valence electrons. The van der Waals surface area contributed by atoms with Gasteiger partial charge in [-0.15, -0.1) is 0 Å². The van der Waals surface area contributed by atoms with Gasteiger partial charge in [0.1, 0.15) is 11.6 Å². The molecule has 4 heteroatoms. The van der Waals surface area contributed by atoms with Crippen LogP contribution in [0.25, 0.3) is 0 Å². The smallest absolute Gasteiger partial charge is 0.131 e. The quantitative estimate of drug-likeness (QED) is 0.887. The Balaban J connectivity index is 1.86. The summed E-state index contributed by atoms with van der Waals surface area (Å²) in [5, 5.41) is 3.36. The number of nitrogens with one attached hydrogen (secondary N) is 1. The number of benzene rings is 1. The largest absolute Gasteiger partial charge is 0.497 e. The Bertz CT molecular complexity index is 405. The van der Waals surface area contributed by atoms with Crippen LogP contribution in [-0.2, 0) is 6.54 Å². The Hall–Kier alpha value is -0.740. The van der Waals surface area contributed by atoms with Crippen LogP contribution in [0.2, 0.25) is 0 Å². The molecule has 1 saturated heterocycles. The van der Waals surface area contributed by atoms with Crippen molar-refractivity contribution in [1.82, 2.24) is 5.32 Å². The molecule has 0 radical (unpaired) electrons. The lowest BCUT2D eigenvalue weighted by molar-refractivity contribution is 0.410. The Morgan fingerprint density at radius 1 is 1.50 bits per heavy atom. The molecule has 1 N–H and O–H groups in total. The normalized spacial score (nSPS) is 23.3. The molecule has 1 atom stereocenters. The molecule has 0 aromatic heterocycles. The Morgan fingerprint density at radius 3 is 2.94 bits per heavy atom. The summed E-state index contributed by atoms with van der Waals surface area (Å²) in [6.45, 7) is 3.79. The Labute approximate surface area is 112 Å². The van der Waals surface area contributed by atoms with Crippen LogP contribution in [0, 0.1) is 5.82 Å². The van der Waals surface area contributed by atoms with Gasteiger partial charge >= 0.3 is 0 Å². The molecule has 1 aromatic carbocycles. The van der Waals surface area contributed by atoms with Gasteiger partial charge in [-0.3, -0.25) is 0 Å². The zero-order chi connectivity index (χ0) is 13.0. The molecule has 18 heavy (non-hydrogen) atoms. The first-order valence-electron chi connectivity index (χ1n) is 6.30. The van der Waals surface area contributed by atoms with E-state index in [4.69, 9.17) is 4.74 Å². The van der Waals surface area contributed by atoms with Crippen molar-refractivity contribution in [1.29, 1.82) is 0 Å². The standard InChI is InChI=1S/C14H20FNOS/c1-14(6-3-7-18-14)10-16-9-11-4-5-12(17-2)8-13(11)15/h4-5,8,16H,3,6-7,9-10H2,1-2H3. The van der Waals surface area contributed by atoms with Crippen LogP contribution in [0.1, 0.15) is 25.3 Å². The van der Waals surface area contributed by atoms with Gasteiger partial charge < -0.3 is 10.1 Å². The molecule has 0 spiro atoms. The molecule has 0 saturated carbocycles. The van der Waals surface area contributed by atoms with Crippen LogP contribution < -0.4 is 10.1 Å². The van der Waals surface area contributed by atoms with Gasteiger partial charge in [-0.2, -0.15) is 11.8 Å². The number of thioether (sulfide) groups is 1. The predicted octanol–water partition coefficient (Wildman–Crippen LogP) is 3.21. The second-order valence-electron chi connectivity index (χ2n) is 4.96. The van der Waals surface area contributed by atoms with Crippen molar-refractivity contribution in [2.45, 2.75) is 31.1 Å². The molecule has 2 nitrogen and oxygen atoms in total. The number of ether oxygens (including phenoxy) is 1. The molecule has 0 bridgehead atoms.